The van der Waals surface area contributed by atoms with Gasteiger partial charge in [0.25, 0.3) is 0 Å². The fourth-order valence-electron chi connectivity index (χ4n) is 3.67. The second-order valence-corrected chi connectivity index (χ2v) is 6.56. The van der Waals surface area contributed by atoms with Gasteiger partial charge in [-0.2, -0.15) is 0 Å². The molecule has 5 nitrogen and oxygen atoms in total. The molecule has 0 radical (unpaired) electrons. The fraction of sp³-hybridized carbons (Fsp3) is 0.611. The standard InChI is InChI=1S/C18H27N3O2.ClH/c1-14-13-15(7-8-19-14)18(22)21-11-9-20(10-12-21)16-5-3-4-6-17(16)23-2;/h3-6,14-15,19H,7-13H2,1-2H3;1H/t14-,15-;/m0./s1. The number of benzene rings is 1. The van der Waals surface area contributed by atoms with E-state index in [1.165, 1.54) is 0 Å². The van der Waals surface area contributed by atoms with Crippen LogP contribution in [0.15, 0.2) is 24.3 Å². The molecule has 24 heavy (non-hydrogen) atoms. The van der Waals surface area contributed by atoms with E-state index in [9.17, 15) is 4.79 Å². The highest BCUT2D eigenvalue weighted by atomic mass is 35.5. The van der Waals surface area contributed by atoms with Gasteiger partial charge in [0.05, 0.1) is 12.8 Å². The van der Waals surface area contributed by atoms with Crippen molar-refractivity contribution in [1.82, 2.24) is 10.2 Å². The third-order valence-electron chi connectivity index (χ3n) is 4.99. The molecule has 3 rings (SSSR count). The van der Waals surface area contributed by atoms with E-state index >= 15 is 0 Å². The molecule has 2 atom stereocenters. The van der Waals surface area contributed by atoms with Crippen molar-refractivity contribution in [3.63, 3.8) is 0 Å². The van der Waals surface area contributed by atoms with Gasteiger partial charge >= 0.3 is 0 Å². The highest BCUT2D eigenvalue weighted by Crippen LogP contribution is 2.29. The summed E-state index contributed by atoms with van der Waals surface area (Å²) in [7, 11) is 1.71. The number of hydrogen-bond donors (Lipinski definition) is 1. The molecule has 0 saturated carbocycles. The van der Waals surface area contributed by atoms with Gasteiger partial charge in [0.2, 0.25) is 5.91 Å². The largest absolute Gasteiger partial charge is 0.495 e. The van der Waals surface area contributed by atoms with Crippen molar-refractivity contribution in [3.05, 3.63) is 24.3 Å². The summed E-state index contributed by atoms with van der Waals surface area (Å²) < 4.78 is 5.45. The summed E-state index contributed by atoms with van der Waals surface area (Å²) in [6.07, 6.45) is 1.93. The zero-order valence-electron chi connectivity index (χ0n) is 14.5. The number of anilines is 1. The Hall–Kier alpha value is -1.46. The number of carbonyl (C=O) groups excluding carboxylic acids is 1. The summed E-state index contributed by atoms with van der Waals surface area (Å²) in [6.45, 7) is 6.46. The molecule has 1 aromatic rings. The molecule has 0 spiro atoms. The second kappa shape index (κ2) is 8.58. The molecule has 0 aliphatic carbocycles. The molecule has 1 N–H and O–H groups in total. The van der Waals surface area contributed by atoms with Crippen molar-refractivity contribution < 1.29 is 9.53 Å². The first-order chi connectivity index (χ1) is 11.2. The van der Waals surface area contributed by atoms with E-state index in [0.29, 0.717) is 11.9 Å². The Kier molecular flexibility index (Phi) is 6.75. The molecule has 1 amide bonds. The molecule has 2 fully saturated rings. The number of rotatable bonds is 3. The quantitative estimate of drug-likeness (QED) is 0.904. The molecule has 2 aliphatic heterocycles. The number of nitrogens with zero attached hydrogens (tertiary/aromatic N) is 2. The van der Waals surface area contributed by atoms with Crippen LogP contribution in [0.3, 0.4) is 0 Å². The van der Waals surface area contributed by atoms with Gasteiger partial charge in [0.15, 0.2) is 0 Å². The number of para-hydroxylation sites is 2. The lowest BCUT2D eigenvalue weighted by molar-refractivity contribution is -0.137. The molecule has 0 bridgehead atoms. The highest BCUT2D eigenvalue weighted by molar-refractivity contribution is 5.85. The number of halogens is 1. The Morgan fingerprint density at radius 2 is 1.92 bits per heavy atom. The first kappa shape index (κ1) is 18.9. The summed E-state index contributed by atoms with van der Waals surface area (Å²) in [5.41, 5.74) is 1.12. The summed E-state index contributed by atoms with van der Waals surface area (Å²) in [6, 6.07) is 8.55. The van der Waals surface area contributed by atoms with Crippen molar-refractivity contribution in [2.24, 2.45) is 5.92 Å². The molecule has 134 valence electrons. The van der Waals surface area contributed by atoms with Crippen LogP contribution < -0.4 is 15.0 Å². The Labute approximate surface area is 150 Å². The SMILES string of the molecule is COc1ccccc1N1CCN(C(=O)[C@H]2CCN[C@@H](C)C2)CC1.Cl. The van der Waals surface area contributed by atoms with Crippen LogP contribution in [0.2, 0.25) is 0 Å². The van der Waals surface area contributed by atoms with Gasteiger partial charge in [0.1, 0.15) is 5.75 Å². The molecule has 0 aromatic heterocycles. The van der Waals surface area contributed by atoms with Crippen LogP contribution in [-0.2, 0) is 4.79 Å². The van der Waals surface area contributed by atoms with E-state index in [4.69, 9.17) is 4.74 Å². The predicted octanol–water partition coefficient (Wildman–Crippen LogP) is 2.15. The maximum atomic E-state index is 12.7. The van der Waals surface area contributed by atoms with Gasteiger partial charge in [-0.05, 0) is 38.4 Å². The van der Waals surface area contributed by atoms with Crippen LogP contribution in [0.1, 0.15) is 19.8 Å². The van der Waals surface area contributed by atoms with Gasteiger partial charge in [-0.1, -0.05) is 12.1 Å². The molecule has 2 aliphatic rings. The van der Waals surface area contributed by atoms with Gasteiger partial charge in [-0.25, -0.2) is 0 Å². The normalized spacial score (nSPS) is 24.2. The van der Waals surface area contributed by atoms with Crippen molar-refractivity contribution in [3.8, 4) is 5.75 Å². The van der Waals surface area contributed by atoms with Crippen LogP contribution in [-0.4, -0.2) is 56.7 Å². The molecule has 2 saturated heterocycles. The summed E-state index contributed by atoms with van der Waals surface area (Å²) >= 11 is 0. The smallest absolute Gasteiger partial charge is 0.225 e. The monoisotopic (exact) mass is 353 g/mol. The Morgan fingerprint density at radius 3 is 2.58 bits per heavy atom. The number of methoxy groups -OCH3 is 1. The number of piperidine rings is 1. The maximum absolute atomic E-state index is 12.7. The number of hydrogen-bond acceptors (Lipinski definition) is 4. The lowest BCUT2D eigenvalue weighted by Gasteiger charge is -2.39. The lowest BCUT2D eigenvalue weighted by atomic mass is 9.92. The Balaban J connectivity index is 0.00000208. The predicted molar refractivity (Wildman–Crippen MR) is 99.2 cm³/mol. The van der Waals surface area contributed by atoms with Crippen LogP contribution in [0.4, 0.5) is 5.69 Å². The van der Waals surface area contributed by atoms with Crippen molar-refractivity contribution in [2.75, 3.05) is 44.7 Å². The molecule has 2 heterocycles. The van der Waals surface area contributed by atoms with E-state index in [1.54, 1.807) is 7.11 Å². The van der Waals surface area contributed by atoms with E-state index in [1.807, 2.05) is 18.2 Å². The minimum atomic E-state index is 0. The molecule has 1 aromatic carbocycles. The third kappa shape index (κ3) is 4.14. The van der Waals surface area contributed by atoms with Crippen molar-refractivity contribution >= 4 is 24.0 Å². The fourth-order valence-corrected chi connectivity index (χ4v) is 3.67. The maximum Gasteiger partial charge on any atom is 0.225 e. The number of amides is 1. The lowest BCUT2D eigenvalue weighted by Crippen LogP contribution is -2.52. The van der Waals surface area contributed by atoms with Crippen LogP contribution in [0.5, 0.6) is 5.75 Å². The summed E-state index contributed by atoms with van der Waals surface area (Å²) in [5, 5.41) is 3.42. The van der Waals surface area contributed by atoms with Crippen LogP contribution >= 0.6 is 12.4 Å². The number of nitrogens with one attached hydrogen (secondary N) is 1. The summed E-state index contributed by atoms with van der Waals surface area (Å²) in [5.74, 6) is 1.45. The third-order valence-corrected chi connectivity index (χ3v) is 4.99. The zero-order valence-corrected chi connectivity index (χ0v) is 15.3. The van der Waals surface area contributed by atoms with Crippen LogP contribution in [0.25, 0.3) is 0 Å². The van der Waals surface area contributed by atoms with E-state index < -0.39 is 0 Å². The second-order valence-electron chi connectivity index (χ2n) is 6.56. The zero-order chi connectivity index (χ0) is 16.2. The van der Waals surface area contributed by atoms with E-state index in [2.05, 4.69) is 28.1 Å². The average molecular weight is 354 g/mol. The number of ether oxygens (including phenoxy) is 1. The minimum Gasteiger partial charge on any atom is -0.495 e. The molecular weight excluding hydrogens is 326 g/mol. The van der Waals surface area contributed by atoms with E-state index in [-0.39, 0.29) is 18.3 Å². The Bertz CT molecular complexity index is 547. The molecule has 6 heteroatoms. The summed E-state index contributed by atoms with van der Waals surface area (Å²) in [4.78, 5) is 17.1. The van der Waals surface area contributed by atoms with Crippen molar-refractivity contribution in [1.29, 1.82) is 0 Å². The van der Waals surface area contributed by atoms with Crippen LogP contribution in [0, 0.1) is 5.92 Å². The highest BCUT2D eigenvalue weighted by Gasteiger charge is 2.30. The van der Waals surface area contributed by atoms with Crippen molar-refractivity contribution in [2.45, 2.75) is 25.8 Å². The Morgan fingerprint density at radius 1 is 1.21 bits per heavy atom. The van der Waals surface area contributed by atoms with Gasteiger partial charge in [0, 0.05) is 38.1 Å². The molecule has 0 unspecified atom stereocenters. The minimum absolute atomic E-state index is 0. The number of piperazine rings is 1. The van der Waals surface area contributed by atoms with Gasteiger partial charge in [-0.15, -0.1) is 12.4 Å². The average Bonchev–Trinajstić information content (AvgIpc) is 2.61. The first-order valence-electron chi connectivity index (χ1n) is 8.59. The van der Waals surface area contributed by atoms with Gasteiger partial charge in [-0.3, -0.25) is 4.79 Å². The first-order valence-corrected chi connectivity index (χ1v) is 8.59. The van der Waals surface area contributed by atoms with Gasteiger partial charge < -0.3 is 19.9 Å². The molecular formula is C18H28ClN3O2. The number of carbonyl (C=O) groups is 1. The topological polar surface area (TPSA) is 44.8 Å². The van der Waals surface area contributed by atoms with E-state index in [0.717, 1.165) is 57.0 Å².